The zero-order valence-corrected chi connectivity index (χ0v) is 12.9. The maximum Gasteiger partial charge on any atom is 0.154 e. The molecular weight excluding hydrogens is 318 g/mol. The molecule has 0 aliphatic carbocycles. The Kier molecular flexibility index (Phi) is 2.96. The Bertz CT molecular complexity index is 535. The minimum absolute atomic E-state index is 0.252. The fourth-order valence-electron chi connectivity index (χ4n) is 3.80. The summed E-state index contributed by atoms with van der Waals surface area (Å²) in [4.78, 5) is 2.59. The van der Waals surface area contributed by atoms with Crippen molar-refractivity contribution in [1.82, 2.24) is 20.4 Å². The van der Waals surface area contributed by atoms with E-state index in [1.54, 1.807) is 0 Å². The van der Waals surface area contributed by atoms with Crippen molar-refractivity contribution < 1.29 is 0 Å². The Labute approximate surface area is 127 Å². The zero-order chi connectivity index (χ0) is 13.6. The molecule has 2 N–H and O–H groups in total. The van der Waals surface area contributed by atoms with Crippen molar-refractivity contribution in [3.63, 3.8) is 0 Å². The number of piperidine rings is 3. The van der Waals surface area contributed by atoms with Crippen LogP contribution >= 0.6 is 15.9 Å². The minimum atomic E-state index is 0.252. The van der Waals surface area contributed by atoms with Crippen LogP contribution in [0.25, 0.3) is 0 Å². The van der Waals surface area contributed by atoms with Crippen molar-refractivity contribution in [2.24, 2.45) is 5.92 Å². The summed E-state index contributed by atoms with van der Waals surface area (Å²) in [6.45, 7) is 3.72. The van der Waals surface area contributed by atoms with Gasteiger partial charge < -0.3 is 15.5 Å². The first-order chi connectivity index (χ1) is 9.73. The van der Waals surface area contributed by atoms with Crippen molar-refractivity contribution in [3.05, 3.63) is 28.6 Å². The van der Waals surface area contributed by atoms with Crippen molar-refractivity contribution >= 4 is 21.7 Å². The quantitative estimate of drug-likeness (QED) is 0.865. The van der Waals surface area contributed by atoms with E-state index in [0.29, 0.717) is 0 Å². The summed E-state index contributed by atoms with van der Waals surface area (Å²) in [7, 11) is 0. The summed E-state index contributed by atoms with van der Waals surface area (Å²) in [6, 6.07) is 3.83. The van der Waals surface area contributed by atoms with Gasteiger partial charge in [0.2, 0.25) is 0 Å². The molecular formula is C14H18BrN5. The van der Waals surface area contributed by atoms with Crippen LogP contribution in [0.3, 0.4) is 0 Å². The average Bonchev–Trinajstić information content (AvgIpc) is 2.85. The molecule has 0 amide bonds. The number of halogens is 1. The SMILES string of the molecule is Brc1ccc(NC2=CC[C@@]3(CN4CCC3CC4)N2)nn1. The number of nitrogens with zero attached hydrogens (tertiary/aromatic N) is 3. The van der Waals surface area contributed by atoms with Gasteiger partial charge in [-0.2, -0.15) is 0 Å². The Morgan fingerprint density at radius 3 is 2.80 bits per heavy atom. The summed E-state index contributed by atoms with van der Waals surface area (Å²) < 4.78 is 0.755. The van der Waals surface area contributed by atoms with E-state index in [2.05, 4.69) is 47.7 Å². The Balaban J connectivity index is 1.46. The van der Waals surface area contributed by atoms with Gasteiger partial charge in [-0.3, -0.25) is 0 Å². The molecule has 1 spiro atoms. The summed E-state index contributed by atoms with van der Waals surface area (Å²) in [5.41, 5.74) is 0.252. The highest BCUT2D eigenvalue weighted by molar-refractivity contribution is 9.10. The van der Waals surface area contributed by atoms with Gasteiger partial charge >= 0.3 is 0 Å². The van der Waals surface area contributed by atoms with Crippen LogP contribution < -0.4 is 10.6 Å². The van der Waals surface area contributed by atoms with Gasteiger partial charge in [0.05, 0.1) is 5.54 Å². The van der Waals surface area contributed by atoms with Crippen molar-refractivity contribution in [3.8, 4) is 0 Å². The lowest BCUT2D eigenvalue weighted by Gasteiger charge is -2.52. The van der Waals surface area contributed by atoms with E-state index in [0.717, 1.165) is 28.6 Å². The van der Waals surface area contributed by atoms with E-state index < -0.39 is 0 Å². The molecule has 5 nitrogen and oxygen atoms in total. The highest BCUT2D eigenvalue weighted by atomic mass is 79.9. The number of hydrogen-bond acceptors (Lipinski definition) is 5. The minimum Gasteiger partial charge on any atom is -0.365 e. The van der Waals surface area contributed by atoms with Gasteiger partial charge in [-0.1, -0.05) is 0 Å². The Morgan fingerprint density at radius 1 is 1.30 bits per heavy atom. The number of hydrogen-bond donors (Lipinski definition) is 2. The number of anilines is 1. The second-order valence-electron chi connectivity index (χ2n) is 6.02. The third kappa shape index (κ3) is 2.11. The van der Waals surface area contributed by atoms with Crippen LogP contribution in [0.1, 0.15) is 19.3 Å². The number of nitrogens with one attached hydrogen (secondary N) is 2. The van der Waals surface area contributed by atoms with Crippen LogP contribution in [-0.4, -0.2) is 40.3 Å². The van der Waals surface area contributed by atoms with Gasteiger partial charge in [0, 0.05) is 6.54 Å². The number of rotatable bonds is 2. The fourth-order valence-corrected chi connectivity index (χ4v) is 4.01. The molecule has 1 aromatic heterocycles. The highest BCUT2D eigenvalue weighted by Gasteiger charge is 2.48. The maximum absolute atomic E-state index is 4.12. The smallest absolute Gasteiger partial charge is 0.154 e. The lowest BCUT2D eigenvalue weighted by atomic mass is 9.72. The van der Waals surface area contributed by atoms with Crippen molar-refractivity contribution in [2.45, 2.75) is 24.8 Å². The molecule has 106 valence electrons. The first-order valence-corrected chi connectivity index (χ1v) is 8.00. The largest absolute Gasteiger partial charge is 0.365 e. The van der Waals surface area contributed by atoms with Gasteiger partial charge in [-0.15, -0.1) is 10.2 Å². The molecule has 0 aromatic carbocycles. The summed E-state index contributed by atoms with van der Waals surface area (Å²) in [5, 5.41) is 15.2. The fraction of sp³-hybridized carbons (Fsp3) is 0.571. The van der Waals surface area contributed by atoms with Gasteiger partial charge in [0.1, 0.15) is 10.4 Å². The van der Waals surface area contributed by atoms with Crippen LogP contribution in [0.5, 0.6) is 0 Å². The van der Waals surface area contributed by atoms with Gasteiger partial charge in [-0.05, 0) is 72.4 Å². The topological polar surface area (TPSA) is 53.1 Å². The van der Waals surface area contributed by atoms with E-state index >= 15 is 0 Å². The van der Waals surface area contributed by atoms with E-state index in [1.807, 2.05) is 12.1 Å². The maximum atomic E-state index is 4.12. The zero-order valence-electron chi connectivity index (χ0n) is 11.3. The average molecular weight is 336 g/mol. The predicted molar refractivity (Wildman–Crippen MR) is 81.1 cm³/mol. The lowest BCUT2D eigenvalue weighted by molar-refractivity contribution is 0.0189. The molecule has 4 aliphatic heterocycles. The van der Waals surface area contributed by atoms with Crippen LogP contribution in [0.4, 0.5) is 5.82 Å². The monoisotopic (exact) mass is 335 g/mol. The summed E-state index contributed by atoms with van der Waals surface area (Å²) >= 11 is 3.30. The predicted octanol–water partition coefficient (Wildman–Crippen LogP) is 1.95. The summed E-state index contributed by atoms with van der Waals surface area (Å²) in [5.74, 6) is 2.67. The normalized spacial score (nSPS) is 35.0. The van der Waals surface area contributed by atoms with Crippen molar-refractivity contribution in [1.29, 1.82) is 0 Å². The van der Waals surface area contributed by atoms with Crippen LogP contribution in [0.2, 0.25) is 0 Å². The highest BCUT2D eigenvalue weighted by Crippen LogP contribution is 2.41. The molecule has 1 aromatic rings. The molecule has 0 unspecified atom stereocenters. The third-order valence-corrected chi connectivity index (χ3v) is 5.25. The molecule has 20 heavy (non-hydrogen) atoms. The molecule has 3 saturated heterocycles. The van der Waals surface area contributed by atoms with E-state index in [1.165, 1.54) is 32.5 Å². The molecule has 3 fully saturated rings. The lowest BCUT2D eigenvalue weighted by Crippen LogP contribution is -2.64. The molecule has 2 bridgehead atoms. The van der Waals surface area contributed by atoms with E-state index in [-0.39, 0.29) is 5.54 Å². The Hall–Kier alpha value is -1.14. The first-order valence-electron chi connectivity index (χ1n) is 7.20. The molecule has 4 aliphatic rings. The number of fused-ring (bicyclic) bond motifs is 2. The van der Waals surface area contributed by atoms with E-state index in [4.69, 9.17) is 0 Å². The molecule has 5 heterocycles. The molecule has 0 saturated carbocycles. The first kappa shape index (κ1) is 12.6. The van der Waals surface area contributed by atoms with Gasteiger partial charge in [-0.25, -0.2) is 0 Å². The van der Waals surface area contributed by atoms with Crippen LogP contribution in [-0.2, 0) is 0 Å². The van der Waals surface area contributed by atoms with Crippen LogP contribution in [0, 0.1) is 5.92 Å². The molecule has 0 radical (unpaired) electrons. The summed E-state index contributed by atoms with van der Waals surface area (Å²) in [6.07, 6.45) is 6.03. The second kappa shape index (κ2) is 4.70. The molecule has 6 heteroatoms. The van der Waals surface area contributed by atoms with Crippen LogP contribution in [0.15, 0.2) is 28.6 Å². The standard InChI is InChI=1S/C14H18BrN5/c15-11-1-2-13(19-18-11)16-12-3-6-14(17-12)9-20-7-4-10(14)5-8-20/h1-3,10,17H,4-9H2,(H,16,19)/t14-/m0/s1. The number of aromatic nitrogens is 2. The third-order valence-electron chi connectivity index (χ3n) is 4.82. The molecule has 5 rings (SSSR count). The van der Waals surface area contributed by atoms with E-state index in [9.17, 15) is 0 Å². The Morgan fingerprint density at radius 2 is 2.15 bits per heavy atom. The van der Waals surface area contributed by atoms with Gasteiger partial charge in [0.15, 0.2) is 5.82 Å². The van der Waals surface area contributed by atoms with Gasteiger partial charge in [0.25, 0.3) is 0 Å². The molecule has 1 atom stereocenters. The second-order valence-corrected chi connectivity index (χ2v) is 6.83. The van der Waals surface area contributed by atoms with Crippen molar-refractivity contribution in [2.75, 3.05) is 25.0 Å².